The number of para-hydroxylation sites is 1. The molecule has 112 valence electrons. The average Bonchev–Trinajstić information content (AvgIpc) is 2.54. The molecule has 0 bridgehead atoms. The van der Waals surface area contributed by atoms with Crippen LogP contribution in [-0.2, 0) is 19.4 Å². The van der Waals surface area contributed by atoms with E-state index < -0.39 is 0 Å². The lowest BCUT2D eigenvalue weighted by Gasteiger charge is -2.15. The summed E-state index contributed by atoms with van der Waals surface area (Å²) < 4.78 is 11.4. The molecule has 0 heterocycles. The molecule has 0 amide bonds. The third kappa shape index (κ3) is 3.99. The molecule has 0 saturated carbocycles. The van der Waals surface area contributed by atoms with Gasteiger partial charge in [0.25, 0.3) is 0 Å². The van der Waals surface area contributed by atoms with Crippen molar-refractivity contribution in [3.05, 3.63) is 59.2 Å². The first-order chi connectivity index (χ1) is 10.3. The van der Waals surface area contributed by atoms with E-state index >= 15 is 0 Å². The summed E-state index contributed by atoms with van der Waals surface area (Å²) in [5.41, 5.74) is 9.23. The predicted molar refractivity (Wildman–Crippen MR) is 85.9 cm³/mol. The van der Waals surface area contributed by atoms with Crippen LogP contribution in [0.4, 0.5) is 0 Å². The fraction of sp³-hybridized carbons (Fsp3) is 0.333. The van der Waals surface area contributed by atoms with Gasteiger partial charge in [0.15, 0.2) is 11.5 Å². The summed E-state index contributed by atoms with van der Waals surface area (Å²) in [6, 6.07) is 14.4. The van der Waals surface area contributed by atoms with Crippen molar-refractivity contribution in [2.75, 3.05) is 13.7 Å². The van der Waals surface area contributed by atoms with Crippen molar-refractivity contribution in [1.29, 1.82) is 0 Å². The van der Waals surface area contributed by atoms with Crippen LogP contribution in [0.25, 0.3) is 0 Å². The van der Waals surface area contributed by atoms with E-state index in [9.17, 15) is 0 Å². The molecule has 21 heavy (non-hydrogen) atoms. The van der Waals surface area contributed by atoms with E-state index in [-0.39, 0.29) is 0 Å². The quantitative estimate of drug-likeness (QED) is 0.848. The second kappa shape index (κ2) is 7.70. The van der Waals surface area contributed by atoms with Crippen molar-refractivity contribution < 1.29 is 9.47 Å². The molecule has 2 aromatic rings. The molecule has 0 fully saturated rings. The van der Waals surface area contributed by atoms with Crippen LogP contribution in [0.1, 0.15) is 23.6 Å². The maximum Gasteiger partial charge on any atom is 0.164 e. The fourth-order valence-corrected chi connectivity index (χ4v) is 2.26. The average molecular weight is 285 g/mol. The molecule has 0 aliphatic carbocycles. The predicted octanol–water partition coefficient (Wildman–Crippen LogP) is 3.34. The summed E-state index contributed by atoms with van der Waals surface area (Å²) in [4.78, 5) is 0. The standard InChI is InChI=1S/C18H23NO2/c1-3-14-7-9-15(10-8-14)13-21-18-16(11-12-19)5-4-6-17(18)20-2/h4-10H,3,11-13,19H2,1-2H3. The van der Waals surface area contributed by atoms with Crippen LogP contribution in [0.2, 0.25) is 0 Å². The third-order valence-electron chi connectivity index (χ3n) is 3.51. The summed E-state index contributed by atoms with van der Waals surface area (Å²) in [6.07, 6.45) is 1.83. The first-order valence-electron chi connectivity index (χ1n) is 7.35. The molecule has 2 N–H and O–H groups in total. The molecule has 3 heteroatoms. The Hall–Kier alpha value is -2.00. The van der Waals surface area contributed by atoms with Crippen molar-refractivity contribution in [3.8, 4) is 11.5 Å². The number of ether oxygens (including phenoxy) is 2. The molecule has 0 saturated heterocycles. The molecule has 0 aromatic heterocycles. The molecular formula is C18H23NO2. The van der Waals surface area contributed by atoms with Gasteiger partial charge in [0.2, 0.25) is 0 Å². The lowest BCUT2D eigenvalue weighted by atomic mass is 10.1. The minimum absolute atomic E-state index is 0.530. The van der Waals surface area contributed by atoms with E-state index in [0.717, 1.165) is 35.5 Å². The van der Waals surface area contributed by atoms with Crippen molar-refractivity contribution in [2.45, 2.75) is 26.4 Å². The highest BCUT2D eigenvalue weighted by molar-refractivity contribution is 5.47. The van der Waals surface area contributed by atoms with Gasteiger partial charge < -0.3 is 15.2 Å². The summed E-state index contributed by atoms with van der Waals surface area (Å²) in [5, 5.41) is 0. The Morgan fingerprint density at radius 1 is 1.00 bits per heavy atom. The Bertz CT molecular complexity index is 564. The monoisotopic (exact) mass is 285 g/mol. The maximum absolute atomic E-state index is 5.99. The van der Waals surface area contributed by atoms with E-state index in [1.807, 2.05) is 18.2 Å². The highest BCUT2D eigenvalue weighted by atomic mass is 16.5. The topological polar surface area (TPSA) is 44.5 Å². The zero-order valence-corrected chi connectivity index (χ0v) is 12.8. The zero-order valence-electron chi connectivity index (χ0n) is 12.8. The van der Waals surface area contributed by atoms with E-state index in [1.165, 1.54) is 5.56 Å². The molecule has 2 aromatic carbocycles. The summed E-state index contributed by atoms with van der Waals surface area (Å²) in [6.45, 7) is 3.27. The summed E-state index contributed by atoms with van der Waals surface area (Å²) in [5.74, 6) is 1.55. The molecule has 2 rings (SSSR count). The van der Waals surface area contributed by atoms with Gasteiger partial charge in [-0.25, -0.2) is 0 Å². The molecule has 0 aliphatic rings. The normalized spacial score (nSPS) is 10.4. The van der Waals surface area contributed by atoms with Crippen molar-refractivity contribution in [3.63, 3.8) is 0 Å². The summed E-state index contributed by atoms with van der Waals surface area (Å²) in [7, 11) is 1.66. The van der Waals surface area contributed by atoms with E-state index in [0.29, 0.717) is 13.2 Å². The van der Waals surface area contributed by atoms with Gasteiger partial charge in [-0.05, 0) is 42.1 Å². The Labute approximate surface area is 126 Å². The number of aryl methyl sites for hydroxylation is 1. The van der Waals surface area contributed by atoms with E-state index in [1.54, 1.807) is 7.11 Å². The fourth-order valence-electron chi connectivity index (χ4n) is 2.26. The van der Waals surface area contributed by atoms with Crippen LogP contribution in [0, 0.1) is 0 Å². The molecule has 0 atom stereocenters. The smallest absolute Gasteiger partial charge is 0.164 e. The number of hydrogen-bond donors (Lipinski definition) is 1. The van der Waals surface area contributed by atoms with Crippen LogP contribution < -0.4 is 15.2 Å². The SMILES string of the molecule is CCc1ccc(COc2c(CCN)cccc2OC)cc1. The van der Waals surface area contributed by atoms with Crippen molar-refractivity contribution >= 4 is 0 Å². The summed E-state index contributed by atoms with van der Waals surface area (Å²) >= 11 is 0. The number of rotatable bonds is 7. The minimum atomic E-state index is 0.530. The lowest BCUT2D eigenvalue weighted by molar-refractivity contribution is 0.281. The van der Waals surface area contributed by atoms with Gasteiger partial charge in [-0.3, -0.25) is 0 Å². The second-order valence-electron chi connectivity index (χ2n) is 4.95. The lowest BCUT2D eigenvalue weighted by Crippen LogP contribution is -2.06. The third-order valence-corrected chi connectivity index (χ3v) is 3.51. The highest BCUT2D eigenvalue weighted by Gasteiger charge is 2.10. The van der Waals surface area contributed by atoms with Crippen LogP contribution in [0.5, 0.6) is 11.5 Å². The van der Waals surface area contributed by atoms with Crippen LogP contribution in [0.15, 0.2) is 42.5 Å². The van der Waals surface area contributed by atoms with Gasteiger partial charge in [0, 0.05) is 0 Å². The van der Waals surface area contributed by atoms with Gasteiger partial charge >= 0.3 is 0 Å². The van der Waals surface area contributed by atoms with Crippen molar-refractivity contribution in [2.24, 2.45) is 5.73 Å². The molecule has 0 unspecified atom stereocenters. The Morgan fingerprint density at radius 2 is 1.71 bits per heavy atom. The molecule has 0 radical (unpaired) electrons. The van der Waals surface area contributed by atoms with Crippen LogP contribution in [0.3, 0.4) is 0 Å². The first kappa shape index (κ1) is 15.4. The Balaban J connectivity index is 2.13. The largest absolute Gasteiger partial charge is 0.493 e. The van der Waals surface area contributed by atoms with Crippen molar-refractivity contribution in [1.82, 2.24) is 0 Å². The first-order valence-corrected chi connectivity index (χ1v) is 7.35. The maximum atomic E-state index is 5.99. The van der Waals surface area contributed by atoms with Gasteiger partial charge in [-0.1, -0.05) is 43.3 Å². The Morgan fingerprint density at radius 3 is 2.33 bits per heavy atom. The van der Waals surface area contributed by atoms with Gasteiger partial charge in [0.1, 0.15) is 6.61 Å². The van der Waals surface area contributed by atoms with Gasteiger partial charge in [-0.15, -0.1) is 0 Å². The van der Waals surface area contributed by atoms with Gasteiger partial charge in [-0.2, -0.15) is 0 Å². The van der Waals surface area contributed by atoms with Crippen LogP contribution in [-0.4, -0.2) is 13.7 Å². The van der Waals surface area contributed by atoms with Gasteiger partial charge in [0.05, 0.1) is 7.11 Å². The highest BCUT2D eigenvalue weighted by Crippen LogP contribution is 2.32. The number of benzene rings is 2. The van der Waals surface area contributed by atoms with Crippen LogP contribution >= 0.6 is 0 Å². The molecule has 0 aliphatic heterocycles. The molecule has 0 spiro atoms. The van der Waals surface area contributed by atoms with E-state index in [4.69, 9.17) is 15.2 Å². The zero-order chi connectivity index (χ0) is 15.1. The second-order valence-corrected chi connectivity index (χ2v) is 4.95. The molecular weight excluding hydrogens is 262 g/mol. The molecule has 3 nitrogen and oxygen atoms in total. The Kier molecular flexibility index (Phi) is 5.64. The minimum Gasteiger partial charge on any atom is -0.493 e. The number of hydrogen-bond acceptors (Lipinski definition) is 3. The van der Waals surface area contributed by atoms with E-state index in [2.05, 4.69) is 31.2 Å². The number of methoxy groups -OCH3 is 1. The number of nitrogens with two attached hydrogens (primary N) is 1.